The molecule has 3 rings (SSSR count). The van der Waals surface area contributed by atoms with E-state index < -0.39 is 0 Å². The zero-order chi connectivity index (χ0) is 13.6. The van der Waals surface area contributed by atoms with Gasteiger partial charge < -0.3 is 4.90 Å². The SMILES string of the molecule is CN1c2ccc(Br)cc2Sc2ccc([N+](=O)[O-])cc21. The molecule has 0 saturated carbocycles. The summed E-state index contributed by atoms with van der Waals surface area (Å²) >= 11 is 5.09. The smallest absolute Gasteiger partial charge is 0.271 e. The van der Waals surface area contributed by atoms with Crippen LogP contribution in [0.5, 0.6) is 0 Å². The molecule has 0 saturated heterocycles. The number of nitro groups is 1. The normalized spacial score (nSPS) is 12.8. The highest BCUT2D eigenvalue weighted by Crippen LogP contribution is 2.48. The first-order valence-electron chi connectivity index (χ1n) is 5.56. The van der Waals surface area contributed by atoms with Gasteiger partial charge >= 0.3 is 0 Å². The topological polar surface area (TPSA) is 46.4 Å². The van der Waals surface area contributed by atoms with Crippen molar-refractivity contribution in [1.29, 1.82) is 0 Å². The van der Waals surface area contributed by atoms with E-state index in [0.717, 1.165) is 25.6 Å². The molecule has 1 aliphatic rings. The molecule has 96 valence electrons. The van der Waals surface area contributed by atoms with Crippen LogP contribution >= 0.6 is 27.7 Å². The Kier molecular flexibility index (Phi) is 2.99. The Bertz CT molecular complexity index is 690. The van der Waals surface area contributed by atoms with Gasteiger partial charge in [0.15, 0.2) is 0 Å². The quantitative estimate of drug-likeness (QED) is 0.564. The Morgan fingerprint density at radius 2 is 1.95 bits per heavy atom. The number of anilines is 2. The summed E-state index contributed by atoms with van der Waals surface area (Å²) in [6, 6.07) is 11.0. The predicted octanol–water partition coefficient (Wildman–Crippen LogP) is 4.59. The molecule has 0 unspecified atom stereocenters. The first-order valence-corrected chi connectivity index (χ1v) is 7.17. The highest BCUT2D eigenvalue weighted by molar-refractivity contribution is 9.10. The van der Waals surface area contributed by atoms with E-state index in [1.807, 2.05) is 24.1 Å². The lowest BCUT2D eigenvalue weighted by molar-refractivity contribution is -0.384. The maximum Gasteiger partial charge on any atom is 0.271 e. The fourth-order valence-corrected chi connectivity index (χ4v) is 3.74. The third-order valence-corrected chi connectivity index (χ3v) is 4.62. The number of rotatable bonds is 1. The van der Waals surface area contributed by atoms with Gasteiger partial charge in [0.1, 0.15) is 0 Å². The molecule has 1 aliphatic heterocycles. The van der Waals surface area contributed by atoms with Gasteiger partial charge in [-0.3, -0.25) is 10.1 Å². The fraction of sp³-hybridized carbons (Fsp3) is 0.0769. The summed E-state index contributed by atoms with van der Waals surface area (Å²) in [5.41, 5.74) is 2.04. The molecule has 2 aromatic rings. The Balaban J connectivity index is 2.13. The summed E-state index contributed by atoms with van der Waals surface area (Å²) in [6.07, 6.45) is 0. The number of non-ortho nitro benzene ring substituents is 1. The van der Waals surface area contributed by atoms with Gasteiger partial charge in [-0.1, -0.05) is 27.7 Å². The Morgan fingerprint density at radius 1 is 1.16 bits per heavy atom. The van der Waals surface area contributed by atoms with Crippen LogP contribution in [0, 0.1) is 10.1 Å². The second-order valence-corrected chi connectivity index (χ2v) is 6.18. The molecule has 0 bridgehead atoms. The number of hydrogen-bond acceptors (Lipinski definition) is 4. The summed E-state index contributed by atoms with van der Waals surface area (Å²) < 4.78 is 1.03. The molecule has 6 heteroatoms. The maximum atomic E-state index is 10.9. The van der Waals surface area contributed by atoms with Gasteiger partial charge in [0.05, 0.1) is 16.3 Å². The van der Waals surface area contributed by atoms with Crippen molar-refractivity contribution in [2.24, 2.45) is 0 Å². The van der Waals surface area contributed by atoms with Gasteiger partial charge in [-0.15, -0.1) is 0 Å². The van der Waals surface area contributed by atoms with Crippen LogP contribution in [0.25, 0.3) is 0 Å². The van der Waals surface area contributed by atoms with Crippen molar-refractivity contribution >= 4 is 44.8 Å². The molecule has 0 spiro atoms. The van der Waals surface area contributed by atoms with Crippen molar-refractivity contribution in [2.45, 2.75) is 9.79 Å². The predicted molar refractivity (Wildman–Crippen MR) is 79.4 cm³/mol. The zero-order valence-corrected chi connectivity index (χ0v) is 12.4. The van der Waals surface area contributed by atoms with E-state index in [1.54, 1.807) is 30.0 Å². The van der Waals surface area contributed by atoms with Crippen LogP contribution in [0.3, 0.4) is 0 Å². The van der Waals surface area contributed by atoms with E-state index in [2.05, 4.69) is 22.0 Å². The largest absolute Gasteiger partial charge is 0.343 e. The van der Waals surface area contributed by atoms with Gasteiger partial charge in [0, 0.05) is 33.4 Å². The Hall–Kier alpha value is -1.53. The number of hydrogen-bond donors (Lipinski definition) is 0. The molecule has 2 aromatic carbocycles. The van der Waals surface area contributed by atoms with Crippen LogP contribution in [-0.4, -0.2) is 12.0 Å². The van der Waals surface area contributed by atoms with Crippen LogP contribution in [0.1, 0.15) is 0 Å². The maximum absolute atomic E-state index is 10.9. The van der Waals surface area contributed by atoms with Crippen molar-refractivity contribution < 1.29 is 4.92 Å². The zero-order valence-electron chi connectivity index (χ0n) is 9.96. The third kappa shape index (κ3) is 2.11. The first kappa shape index (κ1) is 12.5. The average Bonchev–Trinajstić information content (AvgIpc) is 2.38. The van der Waals surface area contributed by atoms with E-state index in [-0.39, 0.29) is 10.6 Å². The molecule has 0 aliphatic carbocycles. The molecule has 0 N–H and O–H groups in total. The Labute approximate surface area is 122 Å². The van der Waals surface area contributed by atoms with Crippen molar-refractivity contribution in [3.8, 4) is 0 Å². The molecular weight excluding hydrogens is 328 g/mol. The molecule has 0 aromatic heterocycles. The second kappa shape index (κ2) is 4.54. The van der Waals surface area contributed by atoms with Gasteiger partial charge in [0.25, 0.3) is 5.69 Å². The van der Waals surface area contributed by atoms with E-state index in [4.69, 9.17) is 0 Å². The molecular formula is C13H9BrN2O2S. The molecule has 1 heterocycles. The monoisotopic (exact) mass is 336 g/mol. The lowest BCUT2D eigenvalue weighted by atomic mass is 10.2. The highest BCUT2D eigenvalue weighted by Gasteiger charge is 2.23. The van der Waals surface area contributed by atoms with Crippen molar-refractivity contribution in [1.82, 2.24) is 0 Å². The minimum absolute atomic E-state index is 0.117. The molecule has 0 atom stereocenters. The van der Waals surface area contributed by atoms with E-state index in [9.17, 15) is 10.1 Å². The average molecular weight is 337 g/mol. The lowest BCUT2D eigenvalue weighted by Crippen LogP contribution is -2.14. The van der Waals surface area contributed by atoms with Gasteiger partial charge in [-0.05, 0) is 24.3 Å². The summed E-state index contributed by atoms with van der Waals surface area (Å²) in [5, 5.41) is 10.9. The number of halogens is 1. The summed E-state index contributed by atoms with van der Waals surface area (Å²) in [5.74, 6) is 0. The third-order valence-electron chi connectivity index (χ3n) is 3.02. The summed E-state index contributed by atoms with van der Waals surface area (Å²) in [4.78, 5) is 14.6. The molecule has 0 fully saturated rings. The van der Waals surface area contributed by atoms with Crippen molar-refractivity contribution in [2.75, 3.05) is 11.9 Å². The standard InChI is InChI=1S/C13H9BrN2O2S/c1-15-10-4-2-8(14)6-13(10)19-12-5-3-9(16(17)18)7-11(12)15/h2-7H,1H3. The van der Waals surface area contributed by atoms with Gasteiger partial charge in [-0.25, -0.2) is 0 Å². The van der Waals surface area contributed by atoms with Crippen LogP contribution in [0.15, 0.2) is 50.7 Å². The van der Waals surface area contributed by atoms with Gasteiger partial charge in [-0.2, -0.15) is 0 Å². The van der Waals surface area contributed by atoms with Crippen molar-refractivity contribution in [3.05, 3.63) is 51.0 Å². The molecule has 4 nitrogen and oxygen atoms in total. The van der Waals surface area contributed by atoms with Gasteiger partial charge in [0.2, 0.25) is 0 Å². The minimum atomic E-state index is -0.365. The van der Waals surface area contributed by atoms with Crippen LogP contribution in [-0.2, 0) is 0 Å². The van der Waals surface area contributed by atoms with E-state index >= 15 is 0 Å². The van der Waals surface area contributed by atoms with Crippen molar-refractivity contribution in [3.63, 3.8) is 0 Å². The number of nitrogens with zero attached hydrogens (tertiary/aromatic N) is 2. The number of benzene rings is 2. The molecule has 0 radical (unpaired) electrons. The Morgan fingerprint density at radius 3 is 2.68 bits per heavy atom. The fourth-order valence-electron chi connectivity index (χ4n) is 2.06. The number of nitro benzene ring substituents is 1. The summed E-state index contributed by atoms with van der Waals surface area (Å²) in [6.45, 7) is 0. The highest BCUT2D eigenvalue weighted by atomic mass is 79.9. The summed E-state index contributed by atoms with van der Waals surface area (Å²) in [7, 11) is 1.93. The molecule has 19 heavy (non-hydrogen) atoms. The number of fused-ring (bicyclic) bond motifs is 2. The van der Waals surface area contributed by atoms with Crippen LogP contribution in [0.2, 0.25) is 0 Å². The van der Waals surface area contributed by atoms with E-state index in [0.29, 0.717) is 0 Å². The second-order valence-electron chi connectivity index (χ2n) is 4.18. The van der Waals surface area contributed by atoms with Crippen LogP contribution < -0.4 is 4.90 Å². The minimum Gasteiger partial charge on any atom is -0.343 e. The molecule has 0 amide bonds. The van der Waals surface area contributed by atoms with E-state index in [1.165, 1.54) is 0 Å². The first-order chi connectivity index (χ1) is 9.06. The lowest BCUT2D eigenvalue weighted by Gasteiger charge is -2.29. The van der Waals surface area contributed by atoms with Crippen LogP contribution in [0.4, 0.5) is 17.1 Å².